The molecule has 0 fully saturated rings. The van der Waals surface area contributed by atoms with Gasteiger partial charge in [-0.3, -0.25) is 15.1 Å². The first-order valence-electron chi connectivity index (χ1n) is 3.68. The maximum Gasteiger partial charge on any atom is 0.311 e. The molecular formula is C8H12BrN3O2. The van der Waals surface area contributed by atoms with E-state index in [1.54, 1.807) is 0 Å². The fraction of sp³-hybridized carbons (Fsp3) is 0.375. The smallest absolute Gasteiger partial charge is 0.311 e. The number of hydrogen-bond donors (Lipinski definition) is 1. The van der Waals surface area contributed by atoms with Crippen LogP contribution in [-0.2, 0) is 0 Å². The number of rotatable bonds is 3. The van der Waals surface area contributed by atoms with E-state index in [2.05, 4.69) is 26.2 Å². The van der Waals surface area contributed by atoms with E-state index in [1.165, 1.54) is 12.4 Å². The van der Waals surface area contributed by atoms with Crippen LogP contribution in [0, 0.1) is 10.1 Å². The zero-order valence-corrected chi connectivity index (χ0v) is 8.54. The van der Waals surface area contributed by atoms with Gasteiger partial charge in [-0.15, -0.1) is 0 Å². The average Bonchev–Trinajstić information content (AvgIpc) is 2.08. The van der Waals surface area contributed by atoms with E-state index in [0.717, 1.165) is 0 Å². The number of aromatic nitrogens is 1. The van der Waals surface area contributed by atoms with E-state index < -0.39 is 4.92 Å². The molecule has 0 spiro atoms. The highest BCUT2D eigenvalue weighted by Gasteiger charge is 2.15. The molecule has 1 aromatic heterocycles. The molecule has 78 valence electrons. The standard InChI is InChI=1S/C7H8BrN3O2.CH4/c1-2-10-7-5(8)3-9-4-6(7)11(12)13;/h3-4H,2H2,1H3,(H,9,10);1H4. The molecule has 5 nitrogen and oxygen atoms in total. The molecule has 0 atom stereocenters. The molecule has 1 rings (SSSR count). The molecule has 1 N–H and O–H groups in total. The Morgan fingerprint density at radius 1 is 1.64 bits per heavy atom. The van der Waals surface area contributed by atoms with Crippen molar-refractivity contribution in [3.05, 3.63) is 27.0 Å². The van der Waals surface area contributed by atoms with E-state index in [4.69, 9.17) is 0 Å². The lowest BCUT2D eigenvalue weighted by molar-refractivity contribution is -0.384. The Bertz CT molecular complexity index is 330. The molecule has 0 aromatic carbocycles. The quantitative estimate of drug-likeness (QED) is 0.671. The Morgan fingerprint density at radius 3 is 2.79 bits per heavy atom. The van der Waals surface area contributed by atoms with Gasteiger partial charge in [0, 0.05) is 12.7 Å². The van der Waals surface area contributed by atoms with E-state index in [9.17, 15) is 10.1 Å². The second-order valence-corrected chi connectivity index (χ2v) is 3.16. The van der Waals surface area contributed by atoms with Crippen LogP contribution in [0.3, 0.4) is 0 Å². The Labute approximate surface area is 90.8 Å². The van der Waals surface area contributed by atoms with Crippen LogP contribution >= 0.6 is 15.9 Å². The second-order valence-electron chi connectivity index (χ2n) is 2.30. The minimum Gasteiger partial charge on any atom is -0.379 e. The molecule has 0 aliphatic heterocycles. The van der Waals surface area contributed by atoms with Crippen LogP contribution in [0.2, 0.25) is 0 Å². The van der Waals surface area contributed by atoms with Gasteiger partial charge in [0.05, 0.1) is 9.40 Å². The normalized spacial score (nSPS) is 9.00. The molecule has 0 saturated heterocycles. The van der Waals surface area contributed by atoms with Crippen molar-refractivity contribution in [3.8, 4) is 0 Å². The lowest BCUT2D eigenvalue weighted by Gasteiger charge is -2.05. The van der Waals surface area contributed by atoms with Gasteiger partial charge in [-0.2, -0.15) is 0 Å². The maximum atomic E-state index is 10.6. The lowest BCUT2D eigenvalue weighted by Crippen LogP contribution is -2.02. The van der Waals surface area contributed by atoms with Gasteiger partial charge in [0.15, 0.2) is 0 Å². The zero-order chi connectivity index (χ0) is 9.84. The van der Waals surface area contributed by atoms with Crippen molar-refractivity contribution in [1.82, 2.24) is 4.98 Å². The second kappa shape index (κ2) is 5.54. The minimum absolute atomic E-state index is 0. The van der Waals surface area contributed by atoms with E-state index in [0.29, 0.717) is 16.7 Å². The SMILES string of the molecule is C.CCNc1c(Br)cncc1[N+](=O)[O-]. The molecule has 1 aromatic rings. The first-order valence-corrected chi connectivity index (χ1v) is 4.48. The molecule has 0 aliphatic carbocycles. The van der Waals surface area contributed by atoms with Gasteiger partial charge in [0.2, 0.25) is 0 Å². The van der Waals surface area contributed by atoms with E-state index in [1.807, 2.05) is 6.92 Å². The average molecular weight is 262 g/mol. The number of hydrogen-bond acceptors (Lipinski definition) is 4. The third kappa shape index (κ3) is 2.66. The monoisotopic (exact) mass is 261 g/mol. The van der Waals surface area contributed by atoms with Gasteiger partial charge >= 0.3 is 5.69 Å². The first kappa shape index (κ1) is 12.8. The Balaban J connectivity index is 0.00000169. The van der Waals surface area contributed by atoms with Gasteiger partial charge in [0.1, 0.15) is 11.9 Å². The molecular weight excluding hydrogens is 250 g/mol. The summed E-state index contributed by atoms with van der Waals surface area (Å²) in [5.41, 5.74) is 0.457. The highest BCUT2D eigenvalue weighted by Crippen LogP contribution is 2.30. The summed E-state index contributed by atoms with van der Waals surface area (Å²) in [6, 6.07) is 0. The largest absolute Gasteiger partial charge is 0.379 e. The number of nitrogens with one attached hydrogen (secondary N) is 1. The highest BCUT2D eigenvalue weighted by atomic mass is 79.9. The maximum absolute atomic E-state index is 10.6. The summed E-state index contributed by atoms with van der Waals surface area (Å²) in [6.07, 6.45) is 2.74. The molecule has 0 unspecified atom stereocenters. The van der Waals surface area contributed by atoms with Crippen molar-refractivity contribution < 1.29 is 4.92 Å². The van der Waals surface area contributed by atoms with Crippen LogP contribution in [-0.4, -0.2) is 16.5 Å². The summed E-state index contributed by atoms with van der Waals surface area (Å²) in [4.78, 5) is 13.8. The number of anilines is 1. The number of halogens is 1. The fourth-order valence-corrected chi connectivity index (χ4v) is 1.38. The van der Waals surface area contributed by atoms with Gasteiger partial charge in [-0.1, -0.05) is 7.43 Å². The Morgan fingerprint density at radius 2 is 2.29 bits per heavy atom. The predicted octanol–water partition coefficient (Wildman–Crippen LogP) is 2.82. The summed E-state index contributed by atoms with van der Waals surface area (Å²) in [5, 5.41) is 13.5. The van der Waals surface area contributed by atoms with Crippen molar-refractivity contribution in [2.24, 2.45) is 0 Å². The zero-order valence-electron chi connectivity index (χ0n) is 6.95. The summed E-state index contributed by atoms with van der Waals surface area (Å²) in [6.45, 7) is 2.50. The van der Waals surface area contributed by atoms with E-state index >= 15 is 0 Å². The molecule has 0 amide bonds. The third-order valence-electron chi connectivity index (χ3n) is 1.43. The van der Waals surface area contributed by atoms with Crippen LogP contribution < -0.4 is 5.32 Å². The minimum atomic E-state index is -0.463. The summed E-state index contributed by atoms with van der Waals surface area (Å²) in [7, 11) is 0. The van der Waals surface area contributed by atoms with Crippen LogP contribution in [0.15, 0.2) is 16.9 Å². The van der Waals surface area contributed by atoms with Gasteiger partial charge in [-0.25, -0.2) is 0 Å². The highest BCUT2D eigenvalue weighted by molar-refractivity contribution is 9.10. The molecule has 0 aliphatic rings. The molecule has 0 saturated carbocycles. The van der Waals surface area contributed by atoms with Crippen molar-refractivity contribution in [2.75, 3.05) is 11.9 Å². The molecule has 6 heteroatoms. The van der Waals surface area contributed by atoms with Gasteiger partial charge in [0.25, 0.3) is 0 Å². The first-order chi connectivity index (χ1) is 6.16. The third-order valence-corrected chi connectivity index (χ3v) is 2.03. The molecule has 0 bridgehead atoms. The van der Waals surface area contributed by atoms with Crippen molar-refractivity contribution in [2.45, 2.75) is 14.4 Å². The molecule has 0 radical (unpaired) electrons. The van der Waals surface area contributed by atoms with E-state index in [-0.39, 0.29) is 13.1 Å². The number of nitro groups is 1. The number of pyridine rings is 1. The van der Waals surface area contributed by atoms with Crippen LogP contribution in [0.1, 0.15) is 14.4 Å². The molecule has 1 heterocycles. The Hall–Kier alpha value is -1.17. The summed E-state index contributed by atoms with van der Waals surface area (Å²) < 4.78 is 0.601. The van der Waals surface area contributed by atoms with Gasteiger partial charge < -0.3 is 5.32 Å². The predicted molar refractivity (Wildman–Crippen MR) is 59.5 cm³/mol. The van der Waals surface area contributed by atoms with Crippen LogP contribution in [0.5, 0.6) is 0 Å². The summed E-state index contributed by atoms with van der Waals surface area (Å²) in [5.74, 6) is 0. The topological polar surface area (TPSA) is 68.1 Å². The van der Waals surface area contributed by atoms with Crippen molar-refractivity contribution in [1.29, 1.82) is 0 Å². The Kier molecular flexibility index (Phi) is 5.07. The van der Waals surface area contributed by atoms with Crippen LogP contribution in [0.25, 0.3) is 0 Å². The van der Waals surface area contributed by atoms with Crippen LogP contribution in [0.4, 0.5) is 11.4 Å². The summed E-state index contributed by atoms with van der Waals surface area (Å²) >= 11 is 3.19. The fourth-order valence-electron chi connectivity index (χ4n) is 0.915. The lowest BCUT2D eigenvalue weighted by atomic mass is 10.3. The van der Waals surface area contributed by atoms with Crippen molar-refractivity contribution in [3.63, 3.8) is 0 Å². The van der Waals surface area contributed by atoms with Gasteiger partial charge in [-0.05, 0) is 22.9 Å². The number of nitrogens with zero attached hydrogens (tertiary/aromatic N) is 2. The van der Waals surface area contributed by atoms with Crippen molar-refractivity contribution >= 4 is 27.3 Å². The molecule has 14 heavy (non-hydrogen) atoms.